The lowest BCUT2D eigenvalue weighted by molar-refractivity contribution is 0.280. The van der Waals surface area contributed by atoms with Gasteiger partial charge >= 0.3 is 0 Å². The van der Waals surface area contributed by atoms with Gasteiger partial charge in [0.05, 0.1) is 13.7 Å². The van der Waals surface area contributed by atoms with E-state index in [1.807, 2.05) is 37.4 Å². The molecule has 0 saturated carbocycles. The number of aliphatic hydroxyl groups excluding tert-OH is 1. The van der Waals surface area contributed by atoms with E-state index in [-0.39, 0.29) is 6.61 Å². The molecule has 2 N–H and O–H groups in total. The smallest absolute Gasteiger partial charge is 0.169 e. The molecule has 0 aromatic heterocycles. The molecule has 2 aromatic carbocycles. The van der Waals surface area contributed by atoms with Crippen LogP contribution in [0.2, 0.25) is 0 Å². The van der Waals surface area contributed by atoms with Gasteiger partial charge in [0.2, 0.25) is 0 Å². The van der Waals surface area contributed by atoms with Crippen LogP contribution in [0.15, 0.2) is 42.5 Å². The van der Waals surface area contributed by atoms with Crippen molar-refractivity contribution in [2.24, 2.45) is 0 Å². The van der Waals surface area contributed by atoms with Crippen LogP contribution in [-0.4, -0.2) is 19.3 Å². The fraction of sp³-hybridized carbons (Fsp3) is 0.250. The molecule has 2 aromatic rings. The van der Waals surface area contributed by atoms with E-state index in [0.29, 0.717) is 11.5 Å². The molecule has 4 nitrogen and oxygen atoms in total. The van der Waals surface area contributed by atoms with Crippen molar-refractivity contribution < 1.29 is 14.6 Å². The van der Waals surface area contributed by atoms with Crippen LogP contribution in [0.1, 0.15) is 11.1 Å². The molecule has 0 amide bonds. The third-order valence-electron chi connectivity index (χ3n) is 2.97. The monoisotopic (exact) mass is 273 g/mol. The Morgan fingerprint density at radius 2 is 1.85 bits per heavy atom. The number of methoxy groups -OCH3 is 1. The van der Waals surface area contributed by atoms with Gasteiger partial charge in [-0.3, -0.25) is 0 Å². The average Bonchev–Trinajstić information content (AvgIpc) is 2.50. The summed E-state index contributed by atoms with van der Waals surface area (Å²) >= 11 is 0. The number of rotatable bonds is 6. The van der Waals surface area contributed by atoms with Crippen LogP contribution in [-0.2, 0) is 13.2 Å². The number of hydrogen-bond acceptors (Lipinski definition) is 4. The van der Waals surface area contributed by atoms with Crippen LogP contribution in [0.25, 0.3) is 0 Å². The molecular formula is C16H19NO3. The second-order valence-corrected chi connectivity index (χ2v) is 4.38. The molecule has 0 aliphatic rings. The Labute approximate surface area is 119 Å². The fourth-order valence-electron chi connectivity index (χ4n) is 1.95. The van der Waals surface area contributed by atoms with E-state index < -0.39 is 0 Å². The zero-order valence-corrected chi connectivity index (χ0v) is 11.7. The van der Waals surface area contributed by atoms with Crippen molar-refractivity contribution in [2.45, 2.75) is 13.2 Å². The lowest BCUT2D eigenvalue weighted by Crippen LogP contribution is -2.06. The Balaban J connectivity index is 2.30. The van der Waals surface area contributed by atoms with Crippen LogP contribution in [0, 0.1) is 0 Å². The Hall–Kier alpha value is -2.04. The van der Waals surface area contributed by atoms with Gasteiger partial charge in [-0.1, -0.05) is 24.3 Å². The third-order valence-corrected chi connectivity index (χ3v) is 2.97. The standard InChI is InChI=1S/C16H19NO3/c1-17-10-13-5-3-4-6-14(13)20-15-8-7-12(11-18)9-16(15)19-2/h3-9,17-18H,10-11H2,1-2H3. The summed E-state index contributed by atoms with van der Waals surface area (Å²) in [5.41, 5.74) is 1.86. The van der Waals surface area contributed by atoms with Crippen molar-refractivity contribution in [1.82, 2.24) is 5.32 Å². The SMILES string of the molecule is CNCc1ccccc1Oc1ccc(CO)cc1OC. The van der Waals surface area contributed by atoms with E-state index in [4.69, 9.17) is 14.6 Å². The summed E-state index contributed by atoms with van der Waals surface area (Å²) in [6, 6.07) is 13.2. The first-order valence-corrected chi connectivity index (χ1v) is 6.46. The first kappa shape index (κ1) is 14.4. The molecule has 0 spiro atoms. The Morgan fingerprint density at radius 3 is 2.55 bits per heavy atom. The molecular weight excluding hydrogens is 254 g/mol. The number of para-hydroxylation sites is 1. The molecule has 106 valence electrons. The van der Waals surface area contributed by atoms with Crippen molar-refractivity contribution in [3.8, 4) is 17.2 Å². The first-order valence-electron chi connectivity index (χ1n) is 6.46. The maximum Gasteiger partial charge on any atom is 0.169 e. The minimum Gasteiger partial charge on any atom is -0.493 e. The van der Waals surface area contributed by atoms with Crippen LogP contribution in [0.4, 0.5) is 0 Å². The summed E-state index contributed by atoms with van der Waals surface area (Å²) in [6.07, 6.45) is 0. The van der Waals surface area contributed by atoms with Crippen molar-refractivity contribution in [1.29, 1.82) is 0 Å². The summed E-state index contributed by atoms with van der Waals surface area (Å²) in [4.78, 5) is 0. The summed E-state index contributed by atoms with van der Waals surface area (Å²) in [5.74, 6) is 2.03. The van der Waals surface area contributed by atoms with Gasteiger partial charge < -0.3 is 19.9 Å². The summed E-state index contributed by atoms with van der Waals surface area (Å²) in [7, 11) is 3.48. The van der Waals surface area contributed by atoms with Gasteiger partial charge in [0.1, 0.15) is 5.75 Å². The molecule has 0 bridgehead atoms. The molecule has 0 saturated heterocycles. The van der Waals surface area contributed by atoms with Crippen LogP contribution in [0.5, 0.6) is 17.2 Å². The summed E-state index contributed by atoms with van der Waals surface area (Å²) < 4.78 is 11.2. The van der Waals surface area contributed by atoms with E-state index in [9.17, 15) is 0 Å². The Kier molecular flexibility index (Phi) is 4.98. The molecule has 2 rings (SSSR count). The normalized spacial score (nSPS) is 10.3. The summed E-state index contributed by atoms with van der Waals surface area (Å²) in [5, 5.41) is 12.3. The molecule has 0 aliphatic carbocycles. The lowest BCUT2D eigenvalue weighted by atomic mass is 10.2. The highest BCUT2D eigenvalue weighted by molar-refractivity contribution is 5.46. The second kappa shape index (κ2) is 6.93. The van der Waals surface area contributed by atoms with E-state index in [0.717, 1.165) is 23.4 Å². The molecule has 0 radical (unpaired) electrons. The largest absolute Gasteiger partial charge is 0.493 e. The highest BCUT2D eigenvalue weighted by atomic mass is 16.5. The van der Waals surface area contributed by atoms with Crippen molar-refractivity contribution >= 4 is 0 Å². The second-order valence-electron chi connectivity index (χ2n) is 4.38. The lowest BCUT2D eigenvalue weighted by Gasteiger charge is -2.14. The van der Waals surface area contributed by atoms with Gasteiger partial charge in [-0.2, -0.15) is 0 Å². The number of hydrogen-bond donors (Lipinski definition) is 2. The van der Waals surface area contributed by atoms with Gasteiger partial charge in [0.25, 0.3) is 0 Å². The molecule has 0 fully saturated rings. The zero-order valence-electron chi connectivity index (χ0n) is 11.7. The van der Waals surface area contributed by atoms with Gasteiger partial charge in [-0.05, 0) is 30.8 Å². The van der Waals surface area contributed by atoms with Crippen molar-refractivity contribution in [3.05, 3.63) is 53.6 Å². The highest BCUT2D eigenvalue weighted by Crippen LogP contribution is 2.33. The fourth-order valence-corrected chi connectivity index (χ4v) is 1.95. The molecule has 20 heavy (non-hydrogen) atoms. The minimum absolute atomic E-state index is 0.0209. The topological polar surface area (TPSA) is 50.7 Å². The van der Waals surface area contributed by atoms with Gasteiger partial charge in [-0.15, -0.1) is 0 Å². The molecule has 0 atom stereocenters. The van der Waals surface area contributed by atoms with Crippen molar-refractivity contribution in [2.75, 3.05) is 14.2 Å². The predicted molar refractivity (Wildman–Crippen MR) is 78.2 cm³/mol. The van der Waals surface area contributed by atoms with Crippen LogP contribution in [0.3, 0.4) is 0 Å². The number of nitrogens with one attached hydrogen (secondary N) is 1. The summed E-state index contributed by atoms with van der Waals surface area (Å²) in [6.45, 7) is 0.709. The van der Waals surface area contributed by atoms with Crippen LogP contribution < -0.4 is 14.8 Å². The number of aliphatic hydroxyl groups is 1. The van der Waals surface area contributed by atoms with Crippen LogP contribution >= 0.6 is 0 Å². The average molecular weight is 273 g/mol. The first-order chi connectivity index (χ1) is 9.78. The Morgan fingerprint density at radius 1 is 1.05 bits per heavy atom. The van der Waals surface area contributed by atoms with Crippen molar-refractivity contribution in [3.63, 3.8) is 0 Å². The highest BCUT2D eigenvalue weighted by Gasteiger charge is 2.09. The third kappa shape index (κ3) is 3.29. The van der Waals surface area contributed by atoms with E-state index in [1.54, 1.807) is 19.2 Å². The maximum atomic E-state index is 9.15. The molecule has 0 aliphatic heterocycles. The maximum absolute atomic E-state index is 9.15. The zero-order chi connectivity index (χ0) is 14.4. The molecule has 4 heteroatoms. The minimum atomic E-state index is -0.0209. The van der Waals surface area contributed by atoms with E-state index in [1.165, 1.54) is 0 Å². The Bertz CT molecular complexity index is 569. The van der Waals surface area contributed by atoms with E-state index in [2.05, 4.69) is 5.32 Å². The van der Waals surface area contributed by atoms with Gasteiger partial charge in [0.15, 0.2) is 11.5 Å². The number of ether oxygens (including phenoxy) is 2. The van der Waals surface area contributed by atoms with Gasteiger partial charge in [-0.25, -0.2) is 0 Å². The van der Waals surface area contributed by atoms with Gasteiger partial charge in [0, 0.05) is 12.1 Å². The predicted octanol–water partition coefficient (Wildman–Crippen LogP) is 2.70. The van der Waals surface area contributed by atoms with E-state index >= 15 is 0 Å². The molecule has 0 unspecified atom stereocenters. The molecule has 0 heterocycles. The quantitative estimate of drug-likeness (QED) is 0.849. The number of benzene rings is 2.